The van der Waals surface area contributed by atoms with Crippen LogP contribution in [0.25, 0.3) is 16.9 Å². The van der Waals surface area contributed by atoms with Gasteiger partial charge >= 0.3 is 0 Å². The number of aromatic nitrogens is 5. The molecule has 196 valence electrons. The Kier molecular flexibility index (Phi) is 8.22. The van der Waals surface area contributed by atoms with E-state index in [0.717, 1.165) is 51.4 Å². The lowest BCUT2D eigenvalue weighted by atomic mass is 9.79. The summed E-state index contributed by atoms with van der Waals surface area (Å²) in [5, 5.41) is 15.1. The summed E-state index contributed by atoms with van der Waals surface area (Å²) in [6.45, 7) is 1.03. The van der Waals surface area contributed by atoms with Crippen LogP contribution in [0.3, 0.4) is 0 Å². The number of hydrogen-bond acceptors (Lipinski definition) is 6. The molecule has 2 fully saturated rings. The summed E-state index contributed by atoms with van der Waals surface area (Å²) in [5.74, 6) is 0.405. The van der Waals surface area contributed by atoms with Crippen LogP contribution in [-0.2, 0) is 4.79 Å². The maximum absolute atomic E-state index is 13.5. The van der Waals surface area contributed by atoms with Crippen LogP contribution in [0.4, 0.5) is 0 Å². The second-order valence-corrected chi connectivity index (χ2v) is 10.8. The molecular weight excluding hydrogens is 513 g/mol. The SMILES string of the molecule is O=C1CN[C@H]2CCC[C@@H](C2)[C@@H](n2cnc(-c3cc(Cl)ccc3-n3cc(Cl)nn3)cc2=O)CCCCCN1. The Morgan fingerprint density at radius 1 is 1.00 bits per heavy atom. The largest absolute Gasteiger partial charge is 0.355 e. The first-order chi connectivity index (χ1) is 18.0. The Balaban J connectivity index is 1.46. The monoisotopic (exact) mass is 543 g/mol. The van der Waals surface area contributed by atoms with E-state index in [1.807, 2.05) is 4.57 Å². The van der Waals surface area contributed by atoms with Crippen molar-refractivity contribution in [3.05, 3.63) is 57.3 Å². The lowest BCUT2D eigenvalue weighted by molar-refractivity contribution is -0.120. The zero-order valence-corrected chi connectivity index (χ0v) is 22.1. The van der Waals surface area contributed by atoms with E-state index in [4.69, 9.17) is 28.2 Å². The topological polar surface area (TPSA) is 107 Å². The van der Waals surface area contributed by atoms with Gasteiger partial charge in [0.1, 0.15) is 0 Å². The average molecular weight is 544 g/mol. The Labute approximate surface area is 225 Å². The van der Waals surface area contributed by atoms with Gasteiger partial charge in [-0.25, -0.2) is 9.67 Å². The molecule has 2 bridgehead atoms. The highest BCUT2D eigenvalue weighted by Gasteiger charge is 2.30. The standard InChI is InChI=1S/C26H31Cl2N7O2/c27-18-8-9-23(35-15-24(28)32-33-35)20(12-18)21-13-26(37)34(16-31-21)22-7-2-1-3-10-29-25(36)14-30-19-6-4-5-17(22)11-19/h8-9,12-13,15-17,19,22,30H,1-7,10-11,14H2,(H,29,36)/t17-,19-,22-/m0/s1. The zero-order chi connectivity index (χ0) is 25.8. The molecule has 3 atom stereocenters. The van der Waals surface area contributed by atoms with E-state index in [1.165, 1.54) is 0 Å². The van der Waals surface area contributed by atoms with Crippen LogP contribution in [0.15, 0.2) is 41.6 Å². The van der Waals surface area contributed by atoms with Crippen molar-refractivity contribution in [2.75, 3.05) is 13.1 Å². The van der Waals surface area contributed by atoms with Gasteiger partial charge in [0, 0.05) is 35.3 Å². The average Bonchev–Trinajstić information content (AvgIpc) is 3.33. The van der Waals surface area contributed by atoms with Crippen molar-refractivity contribution in [1.82, 2.24) is 35.2 Å². The van der Waals surface area contributed by atoms with Gasteiger partial charge in [0.15, 0.2) is 5.15 Å². The van der Waals surface area contributed by atoms with E-state index < -0.39 is 0 Å². The van der Waals surface area contributed by atoms with Crippen molar-refractivity contribution in [3.8, 4) is 16.9 Å². The molecule has 37 heavy (non-hydrogen) atoms. The Bertz CT molecular complexity index is 1310. The maximum atomic E-state index is 13.5. The Hall–Kier alpha value is -2.75. The number of benzene rings is 1. The van der Waals surface area contributed by atoms with Crippen LogP contribution in [0.1, 0.15) is 57.4 Å². The van der Waals surface area contributed by atoms with Crippen molar-refractivity contribution in [1.29, 1.82) is 0 Å². The molecule has 2 N–H and O–H groups in total. The fourth-order valence-corrected chi connectivity index (χ4v) is 5.93. The third kappa shape index (κ3) is 6.22. The number of hydrogen-bond donors (Lipinski definition) is 2. The molecule has 1 aliphatic heterocycles. The minimum Gasteiger partial charge on any atom is -0.355 e. The number of nitrogens with zero attached hydrogens (tertiary/aromatic N) is 5. The lowest BCUT2D eigenvalue weighted by Crippen LogP contribution is -2.43. The maximum Gasteiger partial charge on any atom is 0.254 e. The van der Waals surface area contributed by atoms with Crippen LogP contribution >= 0.6 is 23.2 Å². The molecule has 2 aliphatic rings. The molecule has 3 heterocycles. The minimum absolute atomic E-state index is 0.0578. The molecule has 2 aromatic heterocycles. The first-order valence-electron chi connectivity index (χ1n) is 12.9. The number of rotatable bonds is 3. The van der Waals surface area contributed by atoms with Crippen molar-refractivity contribution >= 4 is 29.1 Å². The molecule has 11 heteroatoms. The van der Waals surface area contributed by atoms with E-state index in [0.29, 0.717) is 41.0 Å². The number of fused-ring (bicyclic) bond motifs is 2. The number of amides is 1. The van der Waals surface area contributed by atoms with Crippen molar-refractivity contribution < 1.29 is 4.79 Å². The van der Waals surface area contributed by atoms with Crippen LogP contribution in [0, 0.1) is 5.92 Å². The summed E-state index contributed by atoms with van der Waals surface area (Å²) < 4.78 is 3.36. The highest BCUT2D eigenvalue weighted by atomic mass is 35.5. The molecular formula is C26H31Cl2N7O2. The van der Waals surface area contributed by atoms with Gasteiger partial charge in [-0.2, -0.15) is 0 Å². The molecule has 0 radical (unpaired) electrons. The van der Waals surface area contributed by atoms with Crippen LogP contribution in [0.2, 0.25) is 10.2 Å². The minimum atomic E-state index is -0.0891. The summed E-state index contributed by atoms with van der Waals surface area (Å²) in [4.78, 5) is 30.4. The van der Waals surface area contributed by atoms with Crippen molar-refractivity contribution in [2.45, 2.75) is 63.5 Å². The van der Waals surface area contributed by atoms with E-state index in [-0.39, 0.29) is 28.7 Å². The molecule has 3 aromatic rings. The fraction of sp³-hybridized carbons (Fsp3) is 0.500. The van der Waals surface area contributed by atoms with Gasteiger partial charge in [0.25, 0.3) is 5.56 Å². The highest BCUT2D eigenvalue weighted by Crippen LogP contribution is 2.36. The third-order valence-electron chi connectivity index (χ3n) is 7.45. The van der Waals surface area contributed by atoms with Gasteiger partial charge in [-0.15, -0.1) is 5.10 Å². The molecule has 1 aliphatic carbocycles. The van der Waals surface area contributed by atoms with Crippen LogP contribution < -0.4 is 16.2 Å². The van der Waals surface area contributed by atoms with E-state index in [1.54, 1.807) is 41.5 Å². The molecule has 0 unspecified atom stereocenters. The Morgan fingerprint density at radius 2 is 1.89 bits per heavy atom. The molecule has 1 amide bonds. The number of carbonyl (C=O) groups excluding carboxylic acids is 1. The third-order valence-corrected chi connectivity index (χ3v) is 7.86. The summed E-state index contributed by atoms with van der Waals surface area (Å²) in [5.41, 5.74) is 1.78. The first-order valence-corrected chi connectivity index (χ1v) is 13.7. The van der Waals surface area contributed by atoms with Gasteiger partial charge in [0.2, 0.25) is 5.91 Å². The molecule has 1 saturated heterocycles. The highest BCUT2D eigenvalue weighted by molar-refractivity contribution is 6.31. The van der Waals surface area contributed by atoms with Crippen molar-refractivity contribution in [2.24, 2.45) is 5.92 Å². The molecule has 1 aromatic carbocycles. The molecule has 9 nitrogen and oxygen atoms in total. The second-order valence-electron chi connectivity index (χ2n) is 9.94. The number of halogens is 2. The van der Waals surface area contributed by atoms with E-state index >= 15 is 0 Å². The normalized spacial score (nSPS) is 23.4. The molecule has 1 saturated carbocycles. The predicted molar refractivity (Wildman–Crippen MR) is 143 cm³/mol. The van der Waals surface area contributed by atoms with Gasteiger partial charge in [0.05, 0.1) is 30.5 Å². The summed E-state index contributed by atoms with van der Waals surface area (Å²) in [6.07, 6.45) is 11.3. The lowest BCUT2D eigenvalue weighted by Gasteiger charge is -2.35. The second kappa shape index (κ2) is 11.8. The summed E-state index contributed by atoms with van der Waals surface area (Å²) in [7, 11) is 0. The molecule has 5 rings (SSSR count). The van der Waals surface area contributed by atoms with Gasteiger partial charge in [-0.1, -0.05) is 47.7 Å². The van der Waals surface area contributed by atoms with Crippen LogP contribution in [-0.4, -0.2) is 49.6 Å². The van der Waals surface area contributed by atoms with Gasteiger partial charge in [-0.05, 0) is 56.2 Å². The molecule has 0 spiro atoms. The zero-order valence-electron chi connectivity index (χ0n) is 20.6. The smallest absolute Gasteiger partial charge is 0.254 e. The number of nitrogens with one attached hydrogen (secondary N) is 2. The number of carbonyl (C=O) groups is 1. The first kappa shape index (κ1) is 25.9. The van der Waals surface area contributed by atoms with E-state index in [9.17, 15) is 9.59 Å². The summed E-state index contributed by atoms with van der Waals surface area (Å²) >= 11 is 12.3. The van der Waals surface area contributed by atoms with Gasteiger partial charge < -0.3 is 10.6 Å². The quantitative estimate of drug-likeness (QED) is 0.513. The van der Waals surface area contributed by atoms with E-state index in [2.05, 4.69) is 20.9 Å². The van der Waals surface area contributed by atoms with Crippen molar-refractivity contribution in [3.63, 3.8) is 0 Å². The Morgan fingerprint density at radius 3 is 2.70 bits per heavy atom. The van der Waals surface area contributed by atoms with Crippen LogP contribution in [0.5, 0.6) is 0 Å². The summed E-state index contributed by atoms with van der Waals surface area (Å²) in [6, 6.07) is 7.25. The van der Waals surface area contributed by atoms with Gasteiger partial charge in [-0.3, -0.25) is 14.2 Å². The fourth-order valence-electron chi connectivity index (χ4n) is 5.63. The predicted octanol–water partition coefficient (Wildman–Crippen LogP) is 4.18.